The number of aryl methyl sites for hydroxylation is 1. The van der Waals surface area contributed by atoms with E-state index in [0.29, 0.717) is 0 Å². The zero-order valence-corrected chi connectivity index (χ0v) is 27.3. The average molecular weight is 576 g/mol. The van der Waals surface area contributed by atoms with Crippen LogP contribution >= 0.6 is 0 Å². The molecule has 43 heavy (non-hydrogen) atoms. The van der Waals surface area contributed by atoms with Crippen LogP contribution in [-0.4, -0.2) is 10.2 Å². The molecular formula is C40H49NO2. The van der Waals surface area contributed by atoms with Crippen molar-refractivity contribution in [2.45, 2.75) is 91.4 Å². The lowest BCUT2D eigenvalue weighted by atomic mass is 9.79. The van der Waals surface area contributed by atoms with Crippen molar-refractivity contribution >= 4 is 6.08 Å². The highest BCUT2D eigenvalue weighted by molar-refractivity contribution is 5.84. The van der Waals surface area contributed by atoms with Crippen molar-refractivity contribution in [2.24, 2.45) is 0 Å². The fourth-order valence-electron chi connectivity index (χ4n) is 5.96. The third-order valence-electron chi connectivity index (χ3n) is 8.82. The Morgan fingerprint density at radius 2 is 1.44 bits per heavy atom. The Morgan fingerprint density at radius 1 is 0.814 bits per heavy atom. The molecule has 1 atom stereocenters. The van der Waals surface area contributed by atoms with E-state index in [4.69, 9.17) is 0 Å². The van der Waals surface area contributed by atoms with Gasteiger partial charge in [0.1, 0.15) is 0 Å². The standard InChI is InChI=1S/C40H49NO2/c1-10-12-15-32-28(4)14-13-16-33(32)35-26-36(38(5,6)42)34(25-37(35)39(7,8)43)29-19-21-30(22-20-29)40(9,11-2)41-31-23-17-27(3)18-24-31/h10,12-17,19-23,25-26,41-43H,1,11,18,24H2,2-9H3/b15-12-. The molecule has 0 fully saturated rings. The minimum absolute atomic E-state index is 0.203. The molecule has 1 unspecified atom stereocenters. The normalized spacial score (nSPS) is 15.6. The fourth-order valence-corrected chi connectivity index (χ4v) is 5.96. The monoisotopic (exact) mass is 575 g/mol. The van der Waals surface area contributed by atoms with Crippen LogP contribution in [-0.2, 0) is 16.7 Å². The lowest BCUT2D eigenvalue weighted by Gasteiger charge is -2.34. The van der Waals surface area contributed by atoms with Crippen LogP contribution in [0.15, 0.2) is 96.8 Å². The summed E-state index contributed by atoms with van der Waals surface area (Å²) >= 11 is 0. The van der Waals surface area contributed by atoms with E-state index in [2.05, 4.69) is 106 Å². The second-order valence-electron chi connectivity index (χ2n) is 13.3. The van der Waals surface area contributed by atoms with Gasteiger partial charge < -0.3 is 15.5 Å². The van der Waals surface area contributed by atoms with Gasteiger partial charge in [-0.1, -0.05) is 85.8 Å². The SMILES string of the molecule is C=C/C=C\c1c(C)cccc1-c1cc(C(C)(C)O)c(-c2ccc(C(C)(CC)NC3=CC=C(C)CC3)cc2)cc1C(C)(C)O. The van der Waals surface area contributed by atoms with Crippen molar-refractivity contribution in [1.29, 1.82) is 0 Å². The number of nitrogens with one attached hydrogen (secondary N) is 1. The molecule has 0 amide bonds. The minimum Gasteiger partial charge on any atom is -0.386 e. The lowest BCUT2D eigenvalue weighted by Crippen LogP contribution is -2.38. The molecule has 3 nitrogen and oxygen atoms in total. The molecule has 0 spiro atoms. The predicted molar refractivity (Wildman–Crippen MR) is 184 cm³/mol. The predicted octanol–water partition coefficient (Wildman–Crippen LogP) is 9.82. The van der Waals surface area contributed by atoms with E-state index in [1.54, 1.807) is 6.08 Å². The van der Waals surface area contributed by atoms with Gasteiger partial charge in [-0.05, 0) is 136 Å². The summed E-state index contributed by atoms with van der Waals surface area (Å²) in [5.74, 6) is 0. The summed E-state index contributed by atoms with van der Waals surface area (Å²) in [7, 11) is 0. The first kappa shape index (κ1) is 32.3. The summed E-state index contributed by atoms with van der Waals surface area (Å²) in [4.78, 5) is 0. The van der Waals surface area contributed by atoms with Crippen LogP contribution in [0.4, 0.5) is 0 Å². The summed E-state index contributed by atoms with van der Waals surface area (Å²) in [5, 5.41) is 26.8. The molecule has 1 aliphatic rings. The van der Waals surface area contributed by atoms with Crippen LogP contribution in [0, 0.1) is 6.92 Å². The van der Waals surface area contributed by atoms with Crippen LogP contribution in [0.25, 0.3) is 28.3 Å². The largest absolute Gasteiger partial charge is 0.386 e. The second kappa shape index (κ2) is 12.5. The molecule has 4 rings (SSSR count). The summed E-state index contributed by atoms with van der Waals surface area (Å²) in [6, 6.07) is 19.0. The van der Waals surface area contributed by atoms with E-state index in [1.165, 1.54) is 16.8 Å². The molecule has 3 heteroatoms. The molecule has 0 heterocycles. The van der Waals surface area contributed by atoms with Crippen molar-refractivity contribution < 1.29 is 10.2 Å². The Hall–Kier alpha value is -3.66. The van der Waals surface area contributed by atoms with Crippen LogP contribution in [0.1, 0.15) is 95.5 Å². The molecule has 0 saturated heterocycles. The van der Waals surface area contributed by atoms with Crippen LogP contribution in [0.2, 0.25) is 0 Å². The molecule has 1 aliphatic carbocycles. The van der Waals surface area contributed by atoms with E-state index in [1.807, 2.05) is 39.8 Å². The molecule has 3 aromatic carbocycles. The highest BCUT2D eigenvalue weighted by Crippen LogP contribution is 2.43. The molecular weight excluding hydrogens is 526 g/mol. The number of aliphatic hydroxyl groups is 2. The molecule has 3 N–H and O–H groups in total. The third-order valence-corrected chi connectivity index (χ3v) is 8.82. The molecule has 0 bridgehead atoms. The van der Waals surface area contributed by atoms with Crippen molar-refractivity contribution in [3.05, 3.63) is 125 Å². The first-order valence-electron chi connectivity index (χ1n) is 15.5. The van der Waals surface area contributed by atoms with E-state index in [9.17, 15) is 10.2 Å². The maximum Gasteiger partial charge on any atom is 0.0846 e. The van der Waals surface area contributed by atoms with E-state index in [0.717, 1.165) is 63.8 Å². The smallest absolute Gasteiger partial charge is 0.0846 e. The number of allylic oxidation sites excluding steroid dienone is 6. The van der Waals surface area contributed by atoms with Gasteiger partial charge in [0.15, 0.2) is 0 Å². The van der Waals surface area contributed by atoms with Crippen LogP contribution in [0.3, 0.4) is 0 Å². The second-order valence-corrected chi connectivity index (χ2v) is 13.3. The van der Waals surface area contributed by atoms with Gasteiger partial charge in [-0.2, -0.15) is 0 Å². The molecule has 0 aromatic heterocycles. The van der Waals surface area contributed by atoms with Crippen molar-refractivity contribution in [3.8, 4) is 22.3 Å². The van der Waals surface area contributed by atoms with Gasteiger partial charge >= 0.3 is 0 Å². The molecule has 0 saturated carbocycles. The van der Waals surface area contributed by atoms with Gasteiger partial charge in [0.25, 0.3) is 0 Å². The van der Waals surface area contributed by atoms with Crippen molar-refractivity contribution in [1.82, 2.24) is 5.32 Å². The van der Waals surface area contributed by atoms with E-state index >= 15 is 0 Å². The van der Waals surface area contributed by atoms with Gasteiger partial charge in [-0.3, -0.25) is 0 Å². The number of benzene rings is 3. The fraction of sp³-hybridized carbons (Fsp3) is 0.350. The number of hydrogen-bond acceptors (Lipinski definition) is 3. The van der Waals surface area contributed by atoms with Gasteiger partial charge in [0.2, 0.25) is 0 Å². The lowest BCUT2D eigenvalue weighted by molar-refractivity contribution is 0.0753. The summed E-state index contributed by atoms with van der Waals surface area (Å²) in [5.41, 5.74) is 9.13. The number of rotatable bonds is 10. The summed E-state index contributed by atoms with van der Waals surface area (Å²) in [6.45, 7) is 19.9. The highest BCUT2D eigenvalue weighted by atomic mass is 16.3. The molecule has 226 valence electrons. The van der Waals surface area contributed by atoms with Crippen LogP contribution in [0.5, 0.6) is 0 Å². The Kier molecular flexibility index (Phi) is 9.39. The first-order chi connectivity index (χ1) is 20.2. The quantitative estimate of drug-likeness (QED) is 0.211. The zero-order chi connectivity index (χ0) is 31.6. The zero-order valence-electron chi connectivity index (χ0n) is 27.3. The number of hydrogen-bond donors (Lipinski definition) is 3. The van der Waals surface area contributed by atoms with Crippen LogP contribution < -0.4 is 5.32 Å². The Bertz CT molecular complexity index is 1570. The third kappa shape index (κ3) is 7.12. The van der Waals surface area contributed by atoms with Gasteiger partial charge in [-0.15, -0.1) is 0 Å². The molecule has 0 radical (unpaired) electrons. The Morgan fingerprint density at radius 3 is 2.00 bits per heavy atom. The van der Waals surface area contributed by atoms with Crippen molar-refractivity contribution in [2.75, 3.05) is 0 Å². The van der Waals surface area contributed by atoms with Crippen molar-refractivity contribution in [3.63, 3.8) is 0 Å². The summed E-state index contributed by atoms with van der Waals surface area (Å²) < 4.78 is 0. The van der Waals surface area contributed by atoms with Gasteiger partial charge in [0.05, 0.1) is 16.7 Å². The highest BCUT2D eigenvalue weighted by Gasteiger charge is 2.30. The maximum absolute atomic E-state index is 11.5. The van der Waals surface area contributed by atoms with Gasteiger partial charge in [-0.25, -0.2) is 0 Å². The first-order valence-corrected chi connectivity index (χ1v) is 15.5. The Labute approximate surface area is 259 Å². The van der Waals surface area contributed by atoms with E-state index in [-0.39, 0.29) is 5.54 Å². The molecule has 3 aromatic rings. The molecule has 0 aliphatic heterocycles. The topological polar surface area (TPSA) is 52.5 Å². The van der Waals surface area contributed by atoms with E-state index < -0.39 is 11.2 Å². The maximum atomic E-state index is 11.5. The summed E-state index contributed by atoms with van der Waals surface area (Å²) in [6.07, 6.45) is 13.2. The Balaban J connectivity index is 1.87. The minimum atomic E-state index is -1.11. The van der Waals surface area contributed by atoms with Gasteiger partial charge in [0, 0.05) is 5.70 Å². The average Bonchev–Trinajstić information content (AvgIpc) is 2.96.